The molecular weight excluding hydrogens is 304 g/mol. The molecule has 0 aliphatic heterocycles. The van der Waals surface area contributed by atoms with Gasteiger partial charge in [0, 0.05) is 0 Å². The Morgan fingerprint density at radius 3 is 1.61 bits per heavy atom. The van der Waals surface area contributed by atoms with Gasteiger partial charge >= 0.3 is 18.0 Å². The van der Waals surface area contributed by atoms with Crippen LogP contribution in [0.5, 0.6) is 0 Å². The number of carbonyl (C=O) groups is 3. The van der Waals surface area contributed by atoms with Crippen molar-refractivity contribution in [3.05, 3.63) is 22.5 Å². The predicted molar refractivity (Wildman–Crippen MR) is 82.2 cm³/mol. The van der Waals surface area contributed by atoms with Crippen LogP contribution in [0.3, 0.4) is 0 Å². The molecule has 1 N–H and O–H groups in total. The zero-order valence-corrected chi connectivity index (χ0v) is 14.4. The van der Waals surface area contributed by atoms with E-state index in [1.807, 2.05) is 0 Å². The van der Waals surface area contributed by atoms with Crippen LogP contribution in [0.1, 0.15) is 52.9 Å². The summed E-state index contributed by atoms with van der Waals surface area (Å²) in [4.78, 5) is 35.9. The highest BCUT2D eigenvalue weighted by molar-refractivity contribution is 6.05. The summed E-state index contributed by atoms with van der Waals surface area (Å²) in [5, 5.41) is 0. The van der Waals surface area contributed by atoms with E-state index in [1.165, 1.54) is 18.9 Å². The summed E-state index contributed by atoms with van der Waals surface area (Å²) in [5.74, 6) is -1.40. The first-order chi connectivity index (χ1) is 10.5. The second kappa shape index (κ2) is 6.72. The van der Waals surface area contributed by atoms with Crippen LogP contribution in [-0.2, 0) is 14.2 Å². The number of amides is 1. The largest absolute Gasteiger partial charge is 0.465 e. The quantitative estimate of drug-likeness (QED) is 0.675. The highest BCUT2D eigenvalue weighted by Gasteiger charge is 2.30. The van der Waals surface area contributed by atoms with Gasteiger partial charge in [0.1, 0.15) is 5.60 Å². The first kappa shape index (κ1) is 18.5. The number of methoxy groups -OCH3 is 2. The Labute approximate surface area is 134 Å². The minimum absolute atomic E-state index is 0.0351. The predicted octanol–water partition coefficient (Wildman–Crippen LogP) is 2.16. The van der Waals surface area contributed by atoms with Gasteiger partial charge in [-0.3, -0.25) is 4.68 Å². The Morgan fingerprint density at radius 1 is 0.913 bits per heavy atom. The molecule has 1 amide bonds. The van der Waals surface area contributed by atoms with Crippen molar-refractivity contribution in [2.75, 3.05) is 19.6 Å². The second-order valence-corrected chi connectivity index (χ2v) is 5.85. The van der Waals surface area contributed by atoms with Crippen molar-refractivity contribution in [3.8, 4) is 0 Å². The molecule has 0 unspecified atom stereocenters. The average molecular weight is 326 g/mol. The van der Waals surface area contributed by atoms with Crippen LogP contribution < -0.4 is 5.43 Å². The van der Waals surface area contributed by atoms with Crippen LogP contribution in [-0.4, -0.2) is 42.5 Å². The summed E-state index contributed by atoms with van der Waals surface area (Å²) < 4.78 is 15.9. The van der Waals surface area contributed by atoms with Crippen LogP contribution in [0.25, 0.3) is 0 Å². The molecule has 0 bridgehead atoms. The number of nitrogens with zero attached hydrogens (tertiary/aromatic N) is 1. The number of rotatable bonds is 3. The lowest BCUT2D eigenvalue weighted by Crippen LogP contribution is -2.32. The maximum absolute atomic E-state index is 12.0. The van der Waals surface area contributed by atoms with Crippen LogP contribution in [0.4, 0.5) is 4.79 Å². The molecule has 1 heterocycles. The van der Waals surface area contributed by atoms with Gasteiger partial charge in [-0.05, 0) is 34.6 Å². The molecule has 1 aromatic rings. The van der Waals surface area contributed by atoms with E-state index in [0.717, 1.165) is 0 Å². The second-order valence-electron chi connectivity index (χ2n) is 5.85. The minimum Gasteiger partial charge on any atom is -0.465 e. The fraction of sp³-hybridized carbons (Fsp3) is 0.533. The maximum Gasteiger partial charge on any atom is 0.426 e. The number of hydrogen-bond donors (Lipinski definition) is 1. The lowest BCUT2D eigenvalue weighted by Gasteiger charge is -2.21. The van der Waals surface area contributed by atoms with Crippen LogP contribution in [0.15, 0.2) is 0 Å². The minimum atomic E-state index is -0.716. The van der Waals surface area contributed by atoms with Gasteiger partial charge in [0.05, 0.1) is 36.7 Å². The van der Waals surface area contributed by atoms with E-state index >= 15 is 0 Å². The van der Waals surface area contributed by atoms with E-state index in [9.17, 15) is 14.4 Å². The molecule has 0 spiro atoms. The molecule has 0 radical (unpaired) electrons. The third-order valence-electron chi connectivity index (χ3n) is 3.03. The standard InChI is InChI=1S/C15H22N2O6/c1-8-10(12(18)21-6)11(13(19)22-7)9(2)17(8)16-14(20)23-15(3,4)5/h1-7H3,(H,16,20). The van der Waals surface area contributed by atoms with Gasteiger partial charge in [0.25, 0.3) is 0 Å². The monoisotopic (exact) mass is 326 g/mol. The summed E-state index contributed by atoms with van der Waals surface area (Å²) in [6, 6.07) is 0. The topological polar surface area (TPSA) is 95.9 Å². The molecule has 8 heteroatoms. The Hall–Kier alpha value is -2.51. The molecule has 0 aromatic carbocycles. The number of nitrogens with one attached hydrogen (secondary N) is 1. The highest BCUT2D eigenvalue weighted by Crippen LogP contribution is 2.23. The molecule has 8 nitrogen and oxygen atoms in total. The number of hydrogen-bond acceptors (Lipinski definition) is 6. The van der Waals surface area contributed by atoms with Crippen LogP contribution in [0, 0.1) is 13.8 Å². The number of esters is 2. The number of ether oxygens (including phenoxy) is 3. The molecule has 0 atom stereocenters. The van der Waals surface area contributed by atoms with Crippen molar-refractivity contribution in [2.45, 2.75) is 40.2 Å². The molecule has 0 aliphatic rings. The average Bonchev–Trinajstić information content (AvgIpc) is 2.68. The first-order valence-electron chi connectivity index (χ1n) is 6.92. The summed E-state index contributed by atoms with van der Waals surface area (Å²) in [7, 11) is 2.41. The van der Waals surface area contributed by atoms with E-state index in [-0.39, 0.29) is 11.1 Å². The van der Waals surface area contributed by atoms with Crippen molar-refractivity contribution < 1.29 is 28.6 Å². The smallest absolute Gasteiger partial charge is 0.426 e. The van der Waals surface area contributed by atoms with Crippen molar-refractivity contribution in [3.63, 3.8) is 0 Å². The summed E-state index contributed by atoms with van der Waals surface area (Å²) in [6.45, 7) is 8.32. The van der Waals surface area contributed by atoms with E-state index in [2.05, 4.69) is 5.43 Å². The Balaban J connectivity index is 3.34. The van der Waals surface area contributed by atoms with Gasteiger partial charge in [0.15, 0.2) is 0 Å². The van der Waals surface area contributed by atoms with Gasteiger partial charge in [-0.1, -0.05) is 0 Å². The third kappa shape index (κ3) is 4.02. The lowest BCUT2D eigenvalue weighted by molar-refractivity contribution is 0.0555. The first-order valence-corrected chi connectivity index (χ1v) is 6.92. The van der Waals surface area contributed by atoms with Crippen LogP contribution in [0.2, 0.25) is 0 Å². The Bertz CT molecular complexity index is 600. The zero-order chi connectivity index (χ0) is 17.9. The highest BCUT2D eigenvalue weighted by atomic mass is 16.6. The zero-order valence-electron chi connectivity index (χ0n) is 14.4. The van der Waals surface area contributed by atoms with Gasteiger partial charge in [-0.25, -0.2) is 19.8 Å². The fourth-order valence-corrected chi connectivity index (χ4v) is 2.10. The molecule has 23 heavy (non-hydrogen) atoms. The molecule has 1 aromatic heterocycles. The number of carbonyl (C=O) groups excluding carboxylic acids is 3. The van der Waals surface area contributed by atoms with Gasteiger partial charge in [-0.2, -0.15) is 0 Å². The summed E-state index contributed by atoms with van der Waals surface area (Å²) in [5.41, 5.74) is 2.55. The molecular formula is C15H22N2O6. The van der Waals surface area contributed by atoms with E-state index in [4.69, 9.17) is 14.2 Å². The molecule has 128 valence electrons. The SMILES string of the molecule is COC(=O)c1c(C(=O)OC)c(C)n(NC(=O)OC(C)(C)C)c1C. The molecule has 0 saturated carbocycles. The molecule has 1 rings (SSSR count). The Morgan fingerprint density at radius 2 is 1.30 bits per heavy atom. The van der Waals surface area contributed by atoms with Gasteiger partial charge in [-0.15, -0.1) is 0 Å². The Kier molecular flexibility index (Phi) is 5.42. The van der Waals surface area contributed by atoms with Crippen LogP contribution >= 0.6 is 0 Å². The fourth-order valence-electron chi connectivity index (χ4n) is 2.10. The molecule has 0 fully saturated rings. The van der Waals surface area contributed by atoms with Gasteiger partial charge in [0.2, 0.25) is 0 Å². The number of aromatic nitrogens is 1. The van der Waals surface area contributed by atoms with Crippen molar-refractivity contribution in [2.24, 2.45) is 0 Å². The van der Waals surface area contributed by atoms with E-state index in [0.29, 0.717) is 11.4 Å². The summed E-state index contributed by atoms with van der Waals surface area (Å²) in [6.07, 6.45) is -0.716. The van der Waals surface area contributed by atoms with Crippen molar-refractivity contribution in [1.82, 2.24) is 4.68 Å². The molecule has 0 aliphatic carbocycles. The van der Waals surface area contributed by atoms with Crippen molar-refractivity contribution >= 4 is 18.0 Å². The normalized spacial score (nSPS) is 10.9. The lowest BCUT2D eigenvalue weighted by atomic mass is 10.1. The third-order valence-corrected chi connectivity index (χ3v) is 3.03. The van der Waals surface area contributed by atoms with E-state index < -0.39 is 23.6 Å². The van der Waals surface area contributed by atoms with Gasteiger partial charge < -0.3 is 14.2 Å². The molecule has 0 saturated heterocycles. The van der Waals surface area contributed by atoms with E-state index in [1.54, 1.807) is 34.6 Å². The van der Waals surface area contributed by atoms with Crippen molar-refractivity contribution in [1.29, 1.82) is 0 Å². The maximum atomic E-state index is 12.0. The summed E-state index contributed by atoms with van der Waals surface area (Å²) >= 11 is 0.